The Labute approximate surface area is 123 Å². The van der Waals surface area contributed by atoms with E-state index in [0.717, 1.165) is 41.4 Å². The fourth-order valence-electron chi connectivity index (χ4n) is 2.27. The molecule has 0 spiro atoms. The molecule has 0 N–H and O–H groups in total. The molecule has 3 aromatic heterocycles. The van der Waals surface area contributed by atoms with Crippen LogP contribution < -0.4 is 0 Å². The van der Waals surface area contributed by atoms with Gasteiger partial charge >= 0.3 is 0 Å². The Morgan fingerprint density at radius 2 is 1.86 bits per heavy atom. The highest BCUT2D eigenvalue weighted by atomic mass is 15.0. The van der Waals surface area contributed by atoms with Crippen LogP contribution in [0.4, 0.5) is 0 Å². The van der Waals surface area contributed by atoms with Crippen LogP contribution >= 0.6 is 0 Å². The highest BCUT2D eigenvalue weighted by molar-refractivity contribution is 5.53. The molecule has 0 saturated carbocycles. The van der Waals surface area contributed by atoms with Crippen LogP contribution in [0.2, 0.25) is 0 Å². The second-order valence-electron chi connectivity index (χ2n) is 5.01. The summed E-state index contributed by atoms with van der Waals surface area (Å²) in [6, 6.07) is 5.89. The smallest absolute Gasteiger partial charge is 0.159 e. The van der Waals surface area contributed by atoms with Gasteiger partial charge < -0.3 is 4.57 Å². The molecule has 3 rings (SSSR count). The minimum Gasteiger partial charge on any atom is -0.338 e. The summed E-state index contributed by atoms with van der Waals surface area (Å²) in [7, 11) is 2.01. The molecule has 5 heteroatoms. The van der Waals surface area contributed by atoms with Crippen LogP contribution in [0.15, 0.2) is 43.0 Å². The molecule has 0 unspecified atom stereocenters. The average molecular weight is 279 g/mol. The third kappa shape index (κ3) is 3.13. The quantitative estimate of drug-likeness (QED) is 0.735. The second-order valence-corrected chi connectivity index (χ2v) is 5.01. The predicted octanol–water partition coefficient (Wildman–Crippen LogP) is 2.37. The third-order valence-corrected chi connectivity index (χ3v) is 3.37. The zero-order valence-corrected chi connectivity index (χ0v) is 12.2. The van der Waals surface area contributed by atoms with Crippen LogP contribution in [-0.2, 0) is 19.9 Å². The van der Waals surface area contributed by atoms with Crippen molar-refractivity contribution in [2.75, 3.05) is 0 Å². The summed E-state index contributed by atoms with van der Waals surface area (Å²) in [6.45, 7) is 2.00. The van der Waals surface area contributed by atoms with Gasteiger partial charge in [-0.25, -0.2) is 15.0 Å². The first kappa shape index (κ1) is 13.4. The Morgan fingerprint density at radius 3 is 2.57 bits per heavy atom. The van der Waals surface area contributed by atoms with Crippen LogP contribution in [0.1, 0.15) is 17.2 Å². The molecule has 0 aliphatic rings. The van der Waals surface area contributed by atoms with Gasteiger partial charge in [-0.1, -0.05) is 0 Å². The molecule has 0 bridgehead atoms. The fraction of sp³-hybridized carbons (Fsp3) is 0.250. The summed E-state index contributed by atoms with van der Waals surface area (Å²) in [4.78, 5) is 17.5. The van der Waals surface area contributed by atoms with Gasteiger partial charge in [0.05, 0.1) is 0 Å². The van der Waals surface area contributed by atoms with Crippen molar-refractivity contribution in [1.82, 2.24) is 24.5 Å². The SMILES string of the molecule is Cc1cc(CCc2nccn2C)nc(-c2ccncc2)n1. The average Bonchev–Trinajstić information content (AvgIpc) is 2.91. The number of aryl methyl sites for hydroxylation is 4. The number of hydrogen-bond acceptors (Lipinski definition) is 4. The Balaban J connectivity index is 1.83. The molecule has 0 aromatic carbocycles. The Morgan fingerprint density at radius 1 is 1.05 bits per heavy atom. The van der Waals surface area contributed by atoms with Crippen LogP contribution in [0.3, 0.4) is 0 Å². The van der Waals surface area contributed by atoms with E-state index in [4.69, 9.17) is 0 Å². The Kier molecular flexibility index (Phi) is 3.73. The van der Waals surface area contributed by atoms with Gasteiger partial charge in [0, 0.05) is 55.2 Å². The maximum atomic E-state index is 4.66. The first-order valence-corrected chi connectivity index (χ1v) is 6.93. The largest absolute Gasteiger partial charge is 0.338 e. The van der Waals surface area contributed by atoms with E-state index in [1.54, 1.807) is 12.4 Å². The van der Waals surface area contributed by atoms with Gasteiger partial charge in [-0.15, -0.1) is 0 Å². The summed E-state index contributed by atoms with van der Waals surface area (Å²) in [5.41, 5.74) is 3.01. The highest BCUT2D eigenvalue weighted by Gasteiger charge is 2.06. The molecule has 21 heavy (non-hydrogen) atoms. The summed E-state index contributed by atoms with van der Waals surface area (Å²) < 4.78 is 2.04. The van der Waals surface area contributed by atoms with Crippen molar-refractivity contribution in [2.24, 2.45) is 7.05 Å². The molecular weight excluding hydrogens is 262 g/mol. The number of nitrogens with zero attached hydrogens (tertiary/aromatic N) is 5. The molecular formula is C16H17N5. The van der Waals surface area contributed by atoms with Crippen molar-refractivity contribution < 1.29 is 0 Å². The number of imidazole rings is 1. The highest BCUT2D eigenvalue weighted by Crippen LogP contribution is 2.15. The molecule has 0 amide bonds. The maximum absolute atomic E-state index is 4.66. The lowest BCUT2D eigenvalue weighted by molar-refractivity contribution is 0.759. The molecule has 106 valence electrons. The molecule has 0 aliphatic carbocycles. The van der Waals surface area contributed by atoms with E-state index in [-0.39, 0.29) is 0 Å². The second kappa shape index (κ2) is 5.83. The molecule has 0 fully saturated rings. The molecule has 0 radical (unpaired) electrons. The number of rotatable bonds is 4. The lowest BCUT2D eigenvalue weighted by atomic mass is 10.2. The molecule has 5 nitrogen and oxygen atoms in total. The van der Waals surface area contributed by atoms with Crippen LogP contribution in [0.25, 0.3) is 11.4 Å². The molecule has 3 aromatic rings. The molecule has 0 aliphatic heterocycles. The summed E-state index contributed by atoms with van der Waals surface area (Å²) in [6.07, 6.45) is 9.02. The van der Waals surface area contributed by atoms with E-state index in [9.17, 15) is 0 Å². The fourth-order valence-corrected chi connectivity index (χ4v) is 2.27. The standard InChI is InChI=1S/C16H17N5/c1-12-11-14(3-4-15-18-9-10-21(15)2)20-16(19-12)13-5-7-17-8-6-13/h5-11H,3-4H2,1-2H3. The van der Waals surface area contributed by atoms with Crippen molar-refractivity contribution in [3.05, 3.63) is 60.2 Å². The lowest BCUT2D eigenvalue weighted by Gasteiger charge is -2.06. The van der Waals surface area contributed by atoms with Crippen molar-refractivity contribution in [1.29, 1.82) is 0 Å². The lowest BCUT2D eigenvalue weighted by Crippen LogP contribution is -2.03. The van der Waals surface area contributed by atoms with Gasteiger partial charge in [-0.2, -0.15) is 0 Å². The first-order chi connectivity index (χ1) is 10.2. The van der Waals surface area contributed by atoms with Gasteiger partial charge in [0.15, 0.2) is 5.82 Å². The minimum atomic E-state index is 0.757. The summed E-state index contributed by atoms with van der Waals surface area (Å²) in [5.74, 6) is 1.82. The van der Waals surface area contributed by atoms with E-state index >= 15 is 0 Å². The van der Waals surface area contributed by atoms with E-state index in [1.807, 2.05) is 49.1 Å². The van der Waals surface area contributed by atoms with Gasteiger partial charge in [-0.05, 0) is 31.5 Å². The third-order valence-electron chi connectivity index (χ3n) is 3.37. The maximum Gasteiger partial charge on any atom is 0.159 e. The van der Waals surface area contributed by atoms with E-state index in [1.165, 1.54) is 0 Å². The molecule has 0 saturated heterocycles. The van der Waals surface area contributed by atoms with E-state index < -0.39 is 0 Å². The van der Waals surface area contributed by atoms with Crippen molar-refractivity contribution in [2.45, 2.75) is 19.8 Å². The van der Waals surface area contributed by atoms with E-state index in [2.05, 4.69) is 19.9 Å². The van der Waals surface area contributed by atoms with Crippen LogP contribution in [0, 0.1) is 6.92 Å². The van der Waals surface area contributed by atoms with Crippen molar-refractivity contribution in [3.63, 3.8) is 0 Å². The van der Waals surface area contributed by atoms with Crippen LogP contribution in [0.5, 0.6) is 0 Å². The zero-order valence-electron chi connectivity index (χ0n) is 12.2. The topological polar surface area (TPSA) is 56.5 Å². The van der Waals surface area contributed by atoms with Gasteiger partial charge in [0.25, 0.3) is 0 Å². The monoisotopic (exact) mass is 279 g/mol. The van der Waals surface area contributed by atoms with Gasteiger partial charge in [0.2, 0.25) is 0 Å². The van der Waals surface area contributed by atoms with E-state index in [0.29, 0.717) is 0 Å². The number of pyridine rings is 1. The predicted molar refractivity (Wildman–Crippen MR) is 80.6 cm³/mol. The van der Waals surface area contributed by atoms with Crippen molar-refractivity contribution >= 4 is 0 Å². The van der Waals surface area contributed by atoms with Crippen molar-refractivity contribution in [3.8, 4) is 11.4 Å². The first-order valence-electron chi connectivity index (χ1n) is 6.93. The summed E-state index contributed by atoms with van der Waals surface area (Å²) in [5, 5.41) is 0. The zero-order chi connectivity index (χ0) is 14.7. The number of hydrogen-bond donors (Lipinski definition) is 0. The Bertz CT molecular complexity index is 733. The summed E-state index contributed by atoms with van der Waals surface area (Å²) >= 11 is 0. The molecule has 3 heterocycles. The molecule has 0 atom stereocenters. The Hall–Kier alpha value is -2.56. The van der Waals surface area contributed by atoms with Crippen LogP contribution in [-0.4, -0.2) is 24.5 Å². The normalized spacial score (nSPS) is 10.8. The number of aromatic nitrogens is 5. The van der Waals surface area contributed by atoms with Gasteiger partial charge in [-0.3, -0.25) is 4.98 Å². The van der Waals surface area contributed by atoms with Gasteiger partial charge in [0.1, 0.15) is 5.82 Å². The minimum absolute atomic E-state index is 0.757.